The third kappa shape index (κ3) is 7.59. The summed E-state index contributed by atoms with van der Waals surface area (Å²) < 4.78 is 69.3. The van der Waals surface area contributed by atoms with Gasteiger partial charge in [-0.05, 0) is 83.4 Å². The van der Waals surface area contributed by atoms with Gasteiger partial charge in [-0.15, -0.1) is 10.2 Å². The fourth-order valence-electron chi connectivity index (χ4n) is 5.06. The molecule has 18 heteroatoms. The highest BCUT2D eigenvalue weighted by Crippen LogP contribution is 2.41. The maximum atomic E-state index is 13.7. The van der Waals surface area contributed by atoms with Crippen molar-refractivity contribution in [3.63, 3.8) is 0 Å². The van der Waals surface area contributed by atoms with Crippen molar-refractivity contribution in [1.82, 2.24) is 0 Å². The van der Waals surface area contributed by atoms with Crippen molar-refractivity contribution >= 4 is 83.3 Å². The molecular weight excluding hydrogens is 711 g/mol. The smallest absolute Gasteiger partial charge is 0.296 e. The van der Waals surface area contributed by atoms with Crippen LogP contribution < -0.4 is 22.6 Å². The van der Waals surface area contributed by atoms with E-state index in [4.69, 9.17) is 17.2 Å². The molecule has 16 nitrogen and oxygen atoms in total. The molecule has 0 fully saturated rings. The monoisotopic (exact) mass is 737 g/mol. The predicted octanol–water partition coefficient (Wildman–Crippen LogP) is 7.07. The molecular formula is C34H27N9O7S2. The Hall–Kier alpha value is -6.60. The van der Waals surface area contributed by atoms with E-state index in [1.165, 1.54) is 0 Å². The zero-order valence-corrected chi connectivity index (χ0v) is 28.2. The summed E-state index contributed by atoms with van der Waals surface area (Å²) in [6.07, 6.45) is 0.813. The Morgan fingerprint density at radius 1 is 0.654 bits per heavy atom. The van der Waals surface area contributed by atoms with Crippen LogP contribution in [0.15, 0.2) is 138 Å². The summed E-state index contributed by atoms with van der Waals surface area (Å²) in [5.41, 5.74) is 22.1. The third-order valence-electron chi connectivity index (χ3n) is 7.58. The van der Waals surface area contributed by atoms with Gasteiger partial charge in [-0.1, -0.05) is 42.5 Å². The van der Waals surface area contributed by atoms with Gasteiger partial charge in [-0.25, -0.2) is 0 Å². The number of rotatable bonds is 9. The first kappa shape index (κ1) is 35.2. The number of nitrogen functional groups attached to an aromatic ring is 3. The van der Waals surface area contributed by atoms with Crippen LogP contribution in [0.1, 0.15) is 15.9 Å². The van der Waals surface area contributed by atoms with Crippen molar-refractivity contribution in [3.05, 3.63) is 119 Å². The molecule has 1 aliphatic rings. The maximum Gasteiger partial charge on any atom is 0.296 e. The van der Waals surface area contributed by atoms with E-state index < -0.39 is 52.9 Å². The maximum absolute atomic E-state index is 13.7. The second kappa shape index (κ2) is 14.0. The van der Waals surface area contributed by atoms with Crippen LogP contribution in [0.2, 0.25) is 0 Å². The van der Waals surface area contributed by atoms with Crippen LogP contribution in [0.5, 0.6) is 0 Å². The van der Waals surface area contributed by atoms with Crippen LogP contribution in [0, 0.1) is 0 Å². The number of anilines is 4. The molecule has 0 unspecified atom stereocenters. The number of para-hydroxylation sites is 1. The molecule has 262 valence electrons. The molecule has 0 bridgehead atoms. The molecule has 9 N–H and O–H groups in total. The van der Waals surface area contributed by atoms with Gasteiger partial charge in [-0.3, -0.25) is 19.3 Å². The Labute approximate surface area is 296 Å². The molecule has 0 radical (unpaired) electrons. The Morgan fingerprint density at radius 2 is 1.25 bits per heavy atom. The van der Waals surface area contributed by atoms with Crippen molar-refractivity contribution in [2.45, 2.75) is 4.90 Å². The molecule has 0 heterocycles. The first-order valence-corrected chi connectivity index (χ1v) is 17.8. The minimum absolute atomic E-state index is 0.253. The molecule has 6 rings (SSSR count). The van der Waals surface area contributed by atoms with E-state index in [1.807, 2.05) is 12.1 Å². The average molecular weight is 738 g/mol. The minimum Gasteiger partial charge on any atom is -0.399 e. The molecule has 0 saturated heterocycles. The van der Waals surface area contributed by atoms with Crippen molar-refractivity contribution in [3.8, 4) is 11.1 Å². The van der Waals surface area contributed by atoms with E-state index in [2.05, 4.69) is 31.0 Å². The van der Waals surface area contributed by atoms with Crippen molar-refractivity contribution in [2.75, 3.05) is 22.6 Å². The summed E-state index contributed by atoms with van der Waals surface area (Å²) >= 11 is 0. The van der Waals surface area contributed by atoms with Crippen LogP contribution in [0.3, 0.4) is 0 Å². The molecule has 0 amide bonds. The van der Waals surface area contributed by atoms with Crippen LogP contribution in [0.25, 0.3) is 17.2 Å². The van der Waals surface area contributed by atoms with Gasteiger partial charge in [0.2, 0.25) is 5.78 Å². The Balaban J connectivity index is 1.30. The van der Waals surface area contributed by atoms with E-state index in [-0.39, 0.29) is 16.8 Å². The first-order valence-electron chi connectivity index (χ1n) is 14.9. The number of benzene rings is 5. The van der Waals surface area contributed by atoms with Gasteiger partial charge in [0.25, 0.3) is 20.2 Å². The van der Waals surface area contributed by atoms with Gasteiger partial charge >= 0.3 is 0 Å². The van der Waals surface area contributed by atoms with E-state index >= 15 is 0 Å². The minimum atomic E-state index is -5.06. The van der Waals surface area contributed by atoms with Crippen LogP contribution in [-0.4, -0.2) is 37.4 Å². The quantitative estimate of drug-likeness (QED) is 0.0385. The number of nitrogens with two attached hydrogens (primary N) is 3. The Morgan fingerprint density at radius 3 is 1.81 bits per heavy atom. The van der Waals surface area contributed by atoms with E-state index in [1.54, 1.807) is 84.9 Å². The largest absolute Gasteiger partial charge is 0.399 e. The number of hydrogen-bond acceptors (Lipinski definition) is 14. The SMILES string of the molecule is Nc1ccc(/N=N/c2ccc(-c3ccc(/N=N/c4c(S(=O)(=O)O)cc5c(c4N)C(=O)/C(=N/Nc4ccccc4)C(S(=O)(=O)O)=C5)cc3)cc2)c(N)c1. The number of nitrogens with one attached hydrogen (secondary N) is 1. The molecule has 0 aliphatic heterocycles. The number of nitrogens with zero attached hydrogens (tertiary/aromatic N) is 5. The molecule has 0 atom stereocenters. The highest BCUT2D eigenvalue weighted by molar-refractivity contribution is 7.91. The molecule has 0 saturated carbocycles. The second-order valence-corrected chi connectivity index (χ2v) is 13.9. The topological polar surface area (TPSA) is 278 Å². The number of allylic oxidation sites excluding steroid dienone is 1. The summed E-state index contributed by atoms with van der Waals surface area (Å²) in [7, 11) is -10.1. The number of hydrogen-bond donors (Lipinski definition) is 6. The first-order chi connectivity index (χ1) is 24.7. The molecule has 5 aromatic rings. The number of hydrazone groups is 1. The fraction of sp³-hybridized carbons (Fsp3) is 0. The number of azo groups is 2. The van der Waals surface area contributed by atoms with Gasteiger partial charge < -0.3 is 17.2 Å². The van der Waals surface area contributed by atoms with Crippen LogP contribution in [0.4, 0.5) is 45.5 Å². The van der Waals surface area contributed by atoms with Crippen molar-refractivity contribution in [1.29, 1.82) is 0 Å². The number of ketones is 1. The Bertz CT molecular complexity index is 2570. The lowest BCUT2D eigenvalue weighted by Gasteiger charge is -2.20. The van der Waals surface area contributed by atoms with Gasteiger partial charge in [0, 0.05) is 5.69 Å². The Kier molecular flexibility index (Phi) is 9.46. The summed E-state index contributed by atoms with van der Waals surface area (Å²) in [6.45, 7) is 0. The predicted molar refractivity (Wildman–Crippen MR) is 198 cm³/mol. The van der Waals surface area contributed by atoms with Crippen LogP contribution in [-0.2, 0) is 20.2 Å². The van der Waals surface area contributed by atoms with E-state index in [0.29, 0.717) is 28.4 Å². The van der Waals surface area contributed by atoms with Gasteiger partial charge in [0.15, 0.2) is 5.71 Å². The summed E-state index contributed by atoms with van der Waals surface area (Å²) in [6, 6.07) is 27.8. The lowest BCUT2D eigenvalue weighted by molar-refractivity contribution is 0.106. The van der Waals surface area contributed by atoms with Gasteiger partial charge in [0.1, 0.15) is 21.2 Å². The third-order valence-corrected chi connectivity index (χ3v) is 9.31. The van der Waals surface area contributed by atoms with Crippen molar-refractivity contribution < 1.29 is 30.7 Å². The molecule has 0 aromatic heterocycles. The highest BCUT2D eigenvalue weighted by Gasteiger charge is 2.37. The lowest BCUT2D eigenvalue weighted by Crippen LogP contribution is -2.28. The summed E-state index contributed by atoms with van der Waals surface area (Å²) in [5, 5.41) is 20.3. The molecule has 0 spiro atoms. The lowest BCUT2D eigenvalue weighted by atomic mass is 9.92. The van der Waals surface area contributed by atoms with E-state index in [0.717, 1.165) is 23.3 Å². The molecule has 1 aliphatic carbocycles. The average Bonchev–Trinajstić information content (AvgIpc) is 3.10. The molecule has 52 heavy (non-hydrogen) atoms. The van der Waals surface area contributed by atoms with Crippen molar-refractivity contribution in [2.24, 2.45) is 25.6 Å². The zero-order valence-electron chi connectivity index (χ0n) is 26.6. The van der Waals surface area contributed by atoms with Crippen LogP contribution >= 0.6 is 0 Å². The second-order valence-electron chi connectivity index (χ2n) is 11.1. The normalized spacial score (nSPS) is 14.2. The number of Topliss-reactive ketones (excluding diaryl/α,β-unsaturated/α-hetero) is 1. The highest BCUT2D eigenvalue weighted by atomic mass is 32.2. The number of carbonyl (C=O) groups is 1. The van der Waals surface area contributed by atoms with Gasteiger partial charge in [0.05, 0.1) is 34.0 Å². The standard InChI is InChI=1S/C34H27N9O7S2/c35-22-10-15-27(26(36)18-22)41-38-24-11-6-19(7-12-24)20-8-13-25(14-9-20)40-42-32-28(51(45,46)47)16-21-17-29(52(48,49)50)33(34(44)30(21)31(32)37)43-39-23-4-2-1-3-5-23/h1-18,39H,35-37H2,(H,45,46,47)(H,48,49,50)/b41-38+,42-40+,43-33+. The number of carbonyl (C=O) groups excluding carboxylic acids is 1. The van der Waals surface area contributed by atoms with Gasteiger partial charge in [-0.2, -0.15) is 32.2 Å². The summed E-state index contributed by atoms with van der Waals surface area (Å²) in [4.78, 5) is 11.9. The summed E-state index contributed by atoms with van der Waals surface area (Å²) in [5.74, 6) is -1.07. The molecule has 5 aromatic carbocycles. The zero-order chi connectivity index (χ0) is 37.2. The number of fused-ring (bicyclic) bond motifs is 1. The fourth-order valence-corrected chi connectivity index (χ4v) is 6.39. The van der Waals surface area contributed by atoms with E-state index in [9.17, 15) is 30.7 Å².